The summed E-state index contributed by atoms with van der Waals surface area (Å²) in [5, 5.41) is 6.33. The van der Waals surface area contributed by atoms with Crippen molar-refractivity contribution in [3.05, 3.63) is 0 Å². The van der Waals surface area contributed by atoms with Crippen molar-refractivity contribution in [3.8, 4) is 0 Å². The molecular formula is C11H22N2OS. The van der Waals surface area contributed by atoms with E-state index in [2.05, 4.69) is 23.8 Å². The lowest BCUT2D eigenvalue weighted by molar-refractivity contribution is -0.131. The molecule has 1 rings (SSSR count). The van der Waals surface area contributed by atoms with Gasteiger partial charge in [-0.2, -0.15) is 11.8 Å². The fraction of sp³-hybridized carbons (Fsp3) is 0.909. The van der Waals surface area contributed by atoms with Gasteiger partial charge in [-0.25, -0.2) is 0 Å². The average molecular weight is 230 g/mol. The third kappa shape index (κ3) is 4.03. The largest absolute Gasteiger partial charge is 0.356 e. The van der Waals surface area contributed by atoms with E-state index < -0.39 is 0 Å². The zero-order chi connectivity index (χ0) is 11.1. The molecule has 0 saturated carbocycles. The van der Waals surface area contributed by atoms with Gasteiger partial charge in [-0.1, -0.05) is 0 Å². The van der Waals surface area contributed by atoms with E-state index in [0.717, 1.165) is 44.6 Å². The molecule has 1 atom stereocenters. The molecule has 0 aromatic rings. The van der Waals surface area contributed by atoms with Gasteiger partial charge in [0.2, 0.25) is 5.91 Å². The molecule has 1 aliphatic heterocycles. The zero-order valence-electron chi connectivity index (χ0n) is 9.77. The number of thioether (sulfide) groups is 1. The van der Waals surface area contributed by atoms with Crippen molar-refractivity contribution in [1.29, 1.82) is 0 Å². The van der Waals surface area contributed by atoms with Crippen LogP contribution in [0, 0.1) is 5.41 Å². The smallest absolute Gasteiger partial charge is 0.227 e. The Morgan fingerprint density at radius 1 is 1.60 bits per heavy atom. The summed E-state index contributed by atoms with van der Waals surface area (Å²) in [6.07, 6.45) is 5.27. The quantitative estimate of drug-likeness (QED) is 0.698. The molecule has 0 aromatic heterocycles. The van der Waals surface area contributed by atoms with Crippen LogP contribution in [0.25, 0.3) is 0 Å². The van der Waals surface area contributed by atoms with Gasteiger partial charge in [0.05, 0.1) is 5.41 Å². The van der Waals surface area contributed by atoms with Gasteiger partial charge < -0.3 is 10.6 Å². The third-order valence-electron chi connectivity index (χ3n) is 2.96. The van der Waals surface area contributed by atoms with Gasteiger partial charge in [0, 0.05) is 13.1 Å². The summed E-state index contributed by atoms with van der Waals surface area (Å²) in [7, 11) is 0. The molecule has 0 aliphatic carbocycles. The maximum absolute atomic E-state index is 11.9. The number of carbonyl (C=O) groups excluding carboxylic acids is 1. The first-order valence-corrected chi connectivity index (χ1v) is 7.06. The SMILES string of the molecule is CSCCCNC(=O)C1(C)CCCNC1. The number of nitrogens with one attached hydrogen (secondary N) is 2. The van der Waals surface area contributed by atoms with E-state index >= 15 is 0 Å². The minimum absolute atomic E-state index is 0.183. The first-order chi connectivity index (χ1) is 7.19. The molecule has 3 nitrogen and oxygen atoms in total. The van der Waals surface area contributed by atoms with Crippen LogP contribution in [-0.2, 0) is 4.79 Å². The Kier molecular flexibility index (Phi) is 5.47. The van der Waals surface area contributed by atoms with E-state index in [9.17, 15) is 4.79 Å². The van der Waals surface area contributed by atoms with Crippen molar-refractivity contribution in [2.75, 3.05) is 31.6 Å². The molecule has 4 heteroatoms. The first kappa shape index (κ1) is 12.8. The van der Waals surface area contributed by atoms with Crippen LogP contribution >= 0.6 is 11.8 Å². The third-order valence-corrected chi connectivity index (χ3v) is 3.65. The highest BCUT2D eigenvalue weighted by Crippen LogP contribution is 2.25. The van der Waals surface area contributed by atoms with Crippen molar-refractivity contribution in [3.63, 3.8) is 0 Å². The molecule has 2 N–H and O–H groups in total. The molecule has 88 valence electrons. The average Bonchev–Trinajstić information content (AvgIpc) is 2.25. The molecule has 1 aliphatic rings. The van der Waals surface area contributed by atoms with E-state index in [0.29, 0.717) is 0 Å². The van der Waals surface area contributed by atoms with Gasteiger partial charge in [0.25, 0.3) is 0 Å². The molecule has 1 unspecified atom stereocenters. The summed E-state index contributed by atoms with van der Waals surface area (Å²) >= 11 is 1.82. The number of hydrogen-bond acceptors (Lipinski definition) is 3. The molecular weight excluding hydrogens is 208 g/mol. The molecule has 1 amide bonds. The van der Waals surface area contributed by atoms with E-state index in [1.165, 1.54) is 0 Å². The Labute approximate surface area is 96.8 Å². The van der Waals surface area contributed by atoms with E-state index in [-0.39, 0.29) is 11.3 Å². The van der Waals surface area contributed by atoms with Crippen LogP contribution in [0.15, 0.2) is 0 Å². The van der Waals surface area contributed by atoms with E-state index in [1.807, 2.05) is 11.8 Å². The Bertz CT molecular complexity index is 203. The van der Waals surface area contributed by atoms with Crippen LogP contribution in [0.5, 0.6) is 0 Å². The molecule has 0 bridgehead atoms. The van der Waals surface area contributed by atoms with Crippen molar-refractivity contribution >= 4 is 17.7 Å². The van der Waals surface area contributed by atoms with Gasteiger partial charge in [-0.05, 0) is 44.7 Å². The second-order valence-corrected chi connectivity index (χ2v) is 5.43. The fourth-order valence-corrected chi connectivity index (χ4v) is 2.31. The standard InChI is InChI=1S/C11H22N2OS/c1-11(5-3-6-12-9-11)10(14)13-7-4-8-15-2/h12H,3-9H2,1-2H3,(H,13,14). The summed E-state index contributed by atoms with van der Waals surface area (Å²) in [6, 6.07) is 0. The lowest BCUT2D eigenvalue weighted by Gasteiger charge is -2.32. The Morgan fingerprint density at radius 2 is 2.40 bits per heavy atom. The number of piperidine rings is 1. The molecule has 0 spiro atoms. The minimum atomic E-state index is -0.183. The van der Waals surface area contributed by atoms with Crippen LogP contribution < -0.4 is 10.6 Å². The lowest BCUT2D eigenvalue weighted by atomic mass is 9.82. The fourth-order valence-electron chi connectivity index (χ4n) is 1.88. The molecule has 1 saturated heterocycles. The van der Waals surface area contributed by atoms with Crippen molar-refractivity contribution in [2.24, 2.45) is 5.41 Å². The predicted octanol–water partition coefficient (Wildman–Crippen LogP) is 1.25. The highest BCUT2D eigenvalue weighted by Gasteiger charge is 2.33. The van der Waals surface area contributed by atoms with Crippen LogP contribution in [0.2, 0.25) is 0 Å². The van der Waals surface area contributed by atoms with Gasteiger partial charge in [0.1, 0.15) is 0 Å². The summed E-state index contributed by atoms with van der Waals surface area (Å²) in [5.74, 6) is 1.34. The van der Waals surface area contributed by atoms with Crippen molar-refractivity contribution in [1.82, 2.24) is 10.6 Å². The lowest BCUT2D eigenvalue weighted by Crippen LogP contribution is -2.48. The van der Waals surface area contributed by atoms with Gasteiger partial charge in [-0.15, -0.1) is 0 Å². The molecule has 15 heavy (non-hydrogen) atoms. The minimum Gasteiger partial charge on any atom is -0.356 e. The van der Waals surface area contributed by atoms with Crippen LogP contribution in [0.4, 0.5) is 0 Å². The van der Waals surface area contributed by atoms with Crippen molar-refractivity contribution < 1.29 is 4.79 Å². The molecule has 1 fully saturated rings. The maximum atomic E-state index is 11.9. The van der Waals surface area contributed by atoms with E-state index in [4.69, 9.17) is 0 Å². The normalized spacial score (nSPS) is 26.3. The zero-order valence-corrected chi connectivity index (χ0v) is 10.6. The summed E-state index contributed by atoms with van der Waals surface area (Å²) in [4.78, 5) is 11.9. The van der Waals surface area contributed by atoms with Crippen LogP contribution in [0.1, 0.15) is 26.2 Å². The second kappa shape index (κ2) is 6.38. The Balaban J connectivity index is 2.25. The van der Waals surface area contributed by atoms with E-state index in [1.54, 1.807) is 0 Å². The number of carbonyl (C=O) groups is 1. The highest BCUT2D eigenvalue weighted by atomic mass is 32.2. The van der Waals surface area contributed by atoms with Crippen LogP contribution in [-0.4, -0.2) is 37.6 Å². The summed E-state index contributed by atoms with van der Waals surface area (Å²) in [6.45, 7) is 4.75. The monoisotopic (exact) mass is 230 g/mol. The van der Waals surface area contributed by atoms with Crippen LogP contribution in [0.3, 0.4) is 0 Å². The second-order valence-electron chi connectivity index (χ2n) is 4.44. The molecule has 0 radical (unpaired) electrons. The highest BCUT2D eigenvalue weighted by molar-refractivity contribution is 7.98. The number of hydrogen-bond donors (Lipinski definition) is 2. The Morgan fingerprint density at radius 3 is 3.00 bits per heavy atom. The van der Waals surface area contributed by atoms with Crippen molar-refractivity contribution in [2.45, 2.75) is 26.2 Å². The topological polar surface area (TPSA) is 41.1 Å². The molecule has 1 heterocycles. The first-order valence-electron chi connectivity index (χ1n) is 5.67. The Hall–Kier alpha value is -0.220. The van der Waals surface area contributed by atoms with Gasteiger partial charge in [-0.3, -0.25) is 4.79 Å². The summed E-state index contributed by atoms with van der Waals surface area (Å²) < 4.78 is 0. The number of amides is 1. The van der Waals surface area contributed by atoms with Gasteiger partial charge >= 0.3 is 0 Å². The van der Waals surface area contributed by atoms with Gasteiger partial charge in [0.15, 0.2) is 0 Å². The number of rotatable bonds is 5. The summed E-state index contributed by atoms with van der Waals surface area (Å²) in [5.41, 5.74) is -0.183. The maximum Gasteiger partial charge on any atom is 0.227 e. The predicted molar refractivity (Wildman–Crippen MR) is 66.2 cm³/mol. The molecule has 0 aromatic carbocycles.